The van der Waals surface area contributed by atoms with E-state index in [9.17, 15) is 13.2 Å². The van der Waals surface area contributed by atoms with Crippen molar-refractivity contribution in [2.24, 2.45) is 4.99 Å². The van der Waals surface area contributed by atoms with Crippen LogP contribution in [0.1, 0.15) is 46.6 Å². The molecule has 0 saturated carbocycles. The van der Waals surface area contributed by atoms with Crippen molar-refractivity contribution in [3.8, 4) is 11.4 Å². The predicted octanol–water partition coefficient (Wildman–Crippen LogP) is 4.53. The Morgan fingerprint density at radius 3 is 2.40 bits per heavy atom. The number of aromatic nitrogens is 3. The van der Waals surface area contributed by atoms with Crippen molar-refractivity contribution >= 4 is 27.5 Å². The number of rotatable bonds is 5. The molecule has 2 aliphatic rings. The smallest absolute Gasteiger partial charge is 0.278 e. The van der Waals surface area contributed by atoms with Gasteiger partial charge in [-0.3, -0.25) is 4.79 Å². The molecular formula is C30H30N6O3S. The summed E-state index contributed by atoms with van der Waals surface area (Å²) in [6, 6.07) is 21.9. The van der Waals surface area contributed by atoms with Crippen molar-refractivity contribution in [2.45, 2.75) is 43.7 Å². The molecule has 0 fully saturated rings. The molecule has 1 aromatic heterocycles. The summed E-state index contributed by atoms with van der Waals surface area (Å²) >= 11 is 0. The number of hydrogen-bond donors (Lipinski definition) is 0. The Bertz CT molecular complexity index is 1710. The second-order valence-corrected chi connectivity index (χ2v) is 12.4. The van der Waals surface area contributed by atoms with Gasteiger partial charge in [-0.15, -0.1) is 10.2 Å². The third-order valence-corrected chi connectivity index (χ3v) is 9.31. The van der Waals surface area contributed by atoms with Crippen molar-refractivity contribution in [3.05, 3.63) is 95.3 Å². The number of amidine groups is 1. The van der Waals surface area contributed by atoms with E-state index >= 15 is 0 Å². The first kappa shape index (κ1) is 26.1. The Kier molecular flexibility index (Phi) is 6.81. The van der Waals surface area contributed by atoms with Crippen LogP contribution in [0.5, 0.6) is 0 Å². The zero-order valence-electron chi connectivity index (χ0n) is 22.5. The number of aryl methyl sites for hydroxylation is 1. The quantitative estimate of drug-likeness (QED) is 0.359. The number of fused-ring (bicyclic) bond motifs is 2. The van der Waals surface area contributed by atoms with Gasteiger partial charge in [-0.25, -0.2) is 12.7 Å². The van der Waals surface area contributed by atoms with Crippen molar-refractivity contribution in [2.75, 3.05) is 19.0 Å². The van der Waals surface area contributed by atoms with E-state index in [1.807, 2.05) is 53.4 Å². The van der Waals surface area contributed by atoms with Gasteiger partial charge in [0.25, 0.3) is 5.91 Å². The minimum absolute atomic E-state index is 0.124. The number of aliphatic imine (C=N–C) groups is 1. The maximum absolute atomic E-state index is 13.3. The number of amides is 1. The van der Waals surface area contributed by atoms with E-state index < -0.39 is 15.9 Å². The molecule has 10 heteroatoms. The molecule has 0 bridgehead atoms. The molecule has 0 unspecified atom stereocenters. The minimum atomic E-state index is -3.59. The number of nitrogens with zero attached hydrogens (tertiary/aromatic N) is 6. The molecule has 3 heterocycles. The summed E-state index contributed by atoms with van der Waals surface area (Å²) in [5.74, 6) is 2.06. The molecule has 9 nitrogen and oxygen atoms in total. The summed E-state index contributed by atoms with van der Waals surface area (Å²) in [4.78, 5) is 19.9. The van der Waals surface area contributed by atoms with E-state index in [2.05, 4.69) is 19.8 Å². The van der Waals surface area contributed by atoms with Crippen LogP contribution in [0.3, 0.4) is 0 Å². The standard InChI is InChI=1S/C30H30N6O3S/c1-34(2)40(38,39)25-17-13-22(14-18-25)30(37)31-29-26-9-6-5-8-23(26)20-36(29)24-15-11-21(12-16-24)28-33-32-27-10-4-3-7-19-35(27)28/h5-6,8-9,11-18H,3-4,7,10,19-20H2,1-2H3. The van der Waals surface area contributed by atoms with Crippen LogP contribution in [-0.2, 0) is 29.5 Å². The van der Waals surface area contributed by atoms with Gasteiger partial charge in [0.15, 0.2) is 5.82 Å². The third-order valence-electron chi connectivity index (χ3n) is 7.48. The monoisotopic (exact) mass is 554 g/mol. The van der Waals surface area contributed by atoms with Gasteiger partial charge in [0.1, 0.15) is 11.7 Å². The van der Waals surface area contributed by atoms with E-state index in [-0.39, 0.29) is 4.90 Å². The van der Waals surface area contributed by atoms with Crippen molar-refractivity contribution < 1.29 is 13.2 Å². The number of benzene rings is 3. The van der Waals surface area contributed by atoms with Crippen LogP contribution in [0.4, 0.5) is 5.69 Å². The van der Waals surface area contributed by atoms with Gasteiger partial charge in [-0.2, -0.15) is 4.99 Å². The van der Waals surface area contributed by atoms with Gasteiger partial charge in [-0.1, -0.05) is 30.7 Å². The van der Waals surface area contributed by atoms with Crippen LogP contribution in [0.2, 0.25) is 0 Å². The van der Waals surface area contributed by atoms with Crippen LogP contribution in [-0.4, -0.2) is 53.3 Å². The average Bonchev–Trinajstić information content (AvgIpc) is 3.45. The van der Waals surface area contributed by atoms with Gasteiger partial charge in [0.2, 0.25) is 10.0 Å². The summed E-state index contributed by atoms with van der Waals surface area (Å²) in [5.41, 5.74) is 4.21. The van der Waals surface area contributed by atoms with Crippen LogP contribution in [0, 0.1) is 0 Å². The van der Waals surface area contributed by atoms with Gasteiger partial charge < -0.3 is 9.47 Å². The highest BCUT2D eigenvalue weighted by atomic mass is 32.2. The minimum Gasteiger partial charge on any atom is -0.321 e. The average molecular weight is 555 g/mol. The predicted molar refractivity (Wildman–Crippen MR) is 154 cm³/mol. The molecule has 0 radical (unpaired) electrons. The number of anilines is 1. The normalized spacial score (nSPS) is 16.2. The molecule has 3 aromatic carbocycles. The van der Waals surface area contributed by atoms with E-state index in [0.29, 0.717) is 17.9 Å². The number of carbonyl (C=O) groups excluding carboxylic acids is 1. The Hall–Kier alpha value is -4.15. The molecule has 40 heavy (non-hydrogen) atoms. The molecule has 6 rings (SSSR count). The summed E-state index contributed by atoms with van der Waals surface area (Å²) in [7, 11) is -0.641. The maximum Gasteiger partial charge on any atom is 0.278 e. The lowest BCUT2D eigenvalue weighted by atomic mass is 10.1. The molecule has 4 aromatic rings. The molecule has 0 atom stereocenters. The van der Waals surface area contributed by atoms with Crippen LogP contribution in [0.15, 0.2) is 82.7 Å². The topological polar surface area (TPSA) is 101 Å². The second-order valence-electron chi connectivity index (χ2n) is 10.2. The Morgan fingerprint density at radius 1 is 0.900 bits per heavy atom. The molecule has 0 N–H and O–H groups in total. The number of sulfonamides is 1. The van der Waals surface area contributed by atoms with Crippen LogP contribution >= 0.6 is 0 Å². The number of carbonyl (C=O) groups is 1. The summed E-state index contributed by atoms with van der Waals surface area (Å²) < 4.78 is 28.2. The SMILES string of the molecule is CN(C)S(=O)(=O)c1ccc(C(=O)N=C2c3ccccc3CN2c2ccc(-c3nnc4n3CCCCC4)cc2)cc1. The molecule has 1 amide bonds. The molecular weight excluding hydrogens is 524 g/mol. The van der Waals surface area contributed by atoms with Crippen molar-refractivity contribution in [1.29, 1.82) is 0 Å². The van der Waals surface area contributed by atoms with E-state index in [4.69, 9.17) is 0 Å². The summed E-state index contributed by atoms with van der Waals surface area (Å²) in [6.45, 7) is 1.52. The second kappa shape index (κ2) is 10.4. The van der Waals surface area contributed by atoms with Gasteiger partial charge in [-0.05, 0) is 66.9 Å². The van der Waals surface area contributed by atoms with Crippen LogP contribution in [0.25, 0.3) is 11.4 Å². The fourth-order valence-electron chi connectivity index (χ4n) is 5.23. The zero-order chi connectivity index (χ0) is 27.9. The molecule has 2 aliphatic heterocycles. The highest BCUT2D eigenvalue weighted by Crippen LogP contribution is 2.31. The Morgan fingerprint density at radius 2 is 1.65 bits per heavy atom. The van der Waals surface area contributed by atoms with Crippen molar-refractivity contribution in [3.63, 3.8) is 0 Å². The Labute approximate surface area is 233 Å². The van der Waals surface area contributed by atoms with Gasteiger partial charge in [0.05, 0.1) is 11.4 Å². The summed E-state index contributed by atoms with van der Waals surface area (Å²) in [5, 5.41) is 8.91. The zero-order valence-corrected chi connectivity index (χ0v) is 23.3. The highest BCUT2D eigenvalue weighted by molar-refractivity contribution is 7.89. The third kappa shape index (κ3) is 4.73. The van der Waals surface area contributed by atoms with Crippen LogP contribution < -0.4 is 4.90 Å². The maximum atomic E-state index is 13.3. The Balaban J connectivity index is 1.31. The lowest BCUT2D eigenvalue weighted by Gasteiger charge is -2.19. The van der Waals surface area contributed by atoms with E-state index in [1.54, 1.807) is 0 Å². The first-order valence-corrected chi connectivity index (χ1v) is 14.8. The first-order valence-electron chi connectivity index (χ1n) is 13.4. The van der Waals surface area contributed by atoms with E-state index in [1.165, 1.54) is 44.8 Å². The van der Waals surface area contributed by atoms with Gasteiger partial charge in [0, 0.05) is 49.4 Å². The molecule has 0 spiro atoms. The summed E-state index contributed by atoms with van der Waals surface area (Å²) in [6.07, 6.45) is 4.44. The van der Waals surface area contributed by atoms with E-state index in [0.717, 1.165) is 64.1 Å². The van der Waals surface area contributed by atoms with Gasteiger partial charge >= 0.3 is 0 Å². The largest absolute Gasteiger partial charge is 0.321 e. The molecule has 204 valence electrons. The highest BCUT2D eigenvalue weighted by Gasteiger charge is 2.28. The molecule has 0 saturated heterocycles. The fraction of sp³-hybridized carbons (Fsp3) is 0.267. The molecule has 0 aliphatic carbocycles. The number of hydrogen-bond acceptors (Lipinski definition) is 5. The van der Waals surface area contributed by atoms with Crippen molar-refractivity contribution in [1.82, 2.24) is 19.1 Å². The first-order chi connectivity index (χ1) is 19.3. The lowest BCUT2D eigenvalue weighted by Crippen LogP contribution is -2.25. The fourth-order valence-corrected chi connectivity index (χ4v) is 6.13. The lowest BCUT2D eigenvalue weighted by molar-refractivity contribution is 0.100.